The van der Waals surface area contributed by atoms with Gasteiger partial charge in [-0.15, -0.1) is 23.5 Å². The standard InChI is InChI=1S/C27H24N2O4S2/c30-22(15-18-7-3-1-4-8-18)28-23-24(31)29-16-27(26(32)33,17-34-25(23)29)35-21-13-11-20(12-14-21)19-9-5-2-6-10-19/h1-14,23,25H,15-17H2,(H,28,30)(H,32,33)/t23-,25-,27?/m1/s1. The van der Waals surface area contributed by atoms with Crippen LogP contribution in [0.2, 0.25) is 0 Å². The molecule has 2 fully saturated rings. The maximum atomic E-state index is 12.8. The molecule has 2 N–H and O–H groups in total. The maximum absolute atomic E-state index is 12.8. The molecule has 0 radical (unpaired) electrons. The van der Waals surface area contributed by atoms with Gasteiger partial charge >= 0.3 is 5.97 Å². The van der Waals surface area contributed by atoms with E-state index < -0.39 is 16.8 Å². The monoisotopic (exact) mass is 504 g/mol. The number of carbonyl (C=O) groups excluding carboxylic acids is 2. The quantitative estimate of drug-likeness (QED) is 0.475. The van der Waals surface area contributed by atoms with E-state index in [1.165, 1.54) is 23.5 Å². The normalized spacial score (nSPS) is 23.2. The largest absolute Gasteiger partial charge is 0.480 e. The molecule has 0 aliphatic carbocycles. The third-order valence-corrected chi connectivity index (χ3v) is 9.30. The Hall–Kier alpha value is -3.23. The smallest absolute Gasteiger partial charge is 0.322 e. The van der Waals surface area contributed by atoms with Crippen LogP contribution in [0.15, 0.2) is 89.8 Å². The van der Waals surface area contributed by atoms with E-state index in [0.29, 0.717) is 5.75 Å². The van der Waals surface area contributed by atoms with Gasteiger partial charge in [0.05, 0.1) is 6.42 Å². The molecule has 2 amide bonds. The van der Waals surface area contributed by atoms with Crippen molar-refractivity contribution in [3.63, 3.8) is 0 Å². The summed E-state index contributed by atoms with van der Waals surface area (Å²) in [4.78, 5) is 40.1. The molecule has 2 aliphatic rings. The van der Waals surface area contributed by atoms with E-state index in [9.17, 15) is 19.5 Å². The Bertz CT molecular complexity index is 1240. The fraction of sp³-hybridized carbons (Fsp3) is 0.222. The highest BCUT2D eigenvalue weighted by atomic mass is 32.2. The predicted molar refractivity (Wildman–Crippen MR) is 138 cm³/mol. The highest BCUT2D eigenvalue weighted by molar-refractivity contribution is 8.05. The number of fused-ring (bicyclic) bond motifs is 1. The summed E-state index contributed by atoms with van der Waals surface area (Å²) in [7, 11) is 0. The summed E-state index contributed by atoms with van der Waals surface area (Å²) in [5.41, 5.74) is 3.04. The van der Waals surface area contributed by atoms with Crippen LogP contribution >= 0.6 is 23.5 Å². The van der Waals surface area contributed by atoms with Gasteiger partial charge in [0, 0.05) is 17.2 Å². The minimum absolute atomic E-state index is 0.106. The molecule has 0 bridgehead atoms. The summed E-state index contributed by atoms with van der Waals surface area (Å²) >= 11 is 2.70. The summed E-state index contributed by atoms with van der Waals surface area (Å²) in [6.07, 6.45) is 0.204. The number of nitrogens with zero attached hydrogens (tertiary/aromatic N) is 1. The molecule has 2 aliphatic heterocycles. The zero-order valence-electron chi connectivity index (χ0n) is 18.8. The SMILES string of the molecule is O=C(Cc1ccccc1)N[C@@H]1C(=O)N2CC(Sc3ccc(-c4ccccc4)cc3)(C(=O)O)CS[C@H]12. The Balaban J connectivity index is 1.24. The minimum atomic E-state index is -1.15. The first-order valence-corrected chi connectivity index (χ1v) is 13.1. The molecule has 0 spiro atoms. The van der Waals surface area contributed by atoms with Gasteiger partial charge in [0.15, 0.2) is 0 Å². The third-order valence-electron chi connectivity index (χ3n) is 6.24. The van der Waals surface area contributed by atoms with E-state index in [1.807, 2.05) is 84.9 Å². The Morgan fingerprint density at radius 3 is 2.26 bits per heavy atom. The van der Waals surface area contributed by atoms with E-state index in [0.717, 1.165) is 21.6 Å². The molecule has 3 atom stereocenters. The van der Waals surface area contributed by atoms with Crippen molar-refractivity contribution in [1.29, 1.82) is 0 Å². The molecule has 5 rings (SSSR count). The second-order valence-corrected chi connectivity index (χ2v) is 11.2. The van der Waals surface area contributed by atoms with E-state index in [1.54, 1.807) is 4.90 Å². The summed E-state index contributed by atoms with van der Waals surface area (Å²) in [6, 6.07) is 26.6. The van der Waals surface area contributed by atoms with Crippen LogP contribution in [0.25, 0.3) is 11.1 Å². The van der Waals surface area contributed by atoms with Gasteiger partial charge in [-0.05, 0) is 28.8 Å². The molecule has 3 aromatic carbocycles. The number of benzene rings is 3. The van der Waals surface area contributed by atoms with Crippen molar-refractivity contribution >= 4 is 41.3 Å². The molecule has 3 aromatic rings. The second kappa shape index (κ2) is 9.79. The van der Waals surface area contributed by atoms with Gasteiger partial charge in [-0.25, -0.2) is 0 Å². The number of aliphatic carboxylic acids is 1. The van der Waals surface area contributed by atoms with Crippen molar-refractivity contribution in [2.45, 2.75) is 27.5 Å². The molecule has 35 heavy (non-hydrogen) atoms. The van der Waals surface area contributed by atoms with Crippen LogP contribution < -0.4 is 5.32 Å². The Kier molecular flexibility index (Phi) is 6.58. The van der Waals surface area contributed by atoms with Crippen LogP contribution in [0.4, 0.5) is 0 Å². The number of carboxylic acids is 1. The molecule has 1 unspecified atom stereocenters. The molecule has 0 aromatic heterocycles. The lowest BCUT2D eigenvalue weighted by Crippen LogP contribution is -2.74. The number of rotatable bonds is 7. The molecule has 6 nitrogen and oxygen atoms in total. The number of nitrogens with one attached hydrogen (secondary N) is 1. The molecule has 2 saturated heterocycles. The summed E-state index contributed by atoms with van der Waals surface area (Å²) in [6.45, 7) is 0.106. The summed E-state index contributed by atoms with van der Waals surface area (Å²) in [5.74, 6) is -1.04. The van der Waals surface area contributed by atoms with Crippen molar-refractivity contribution in [3.8, 4) is 11.1 Å². The zero-order valence-corrected chi connectivity index (χ0v) is 20.4. The molecule has 0 saturated carbocycles. The topological polar surface area (TPSA) is 86.7 Å². The number of carbonyl (C=O) groups is 3. The van der Waals surface area contributed by atoms with Crippen LogP contribution in [-0.2, 0) is 20.8 Å². The average molecular weight is 505 g/mol. The minimum Gasteiger partial charge on any atom is -0.480 e. The lowest BCUT2D eigenvalue weighted by molar-refractivity contribution is -0.152. The van der Waals surface area contributed by atoms with Crippen LogP contribution in [0.1, 0.15) is 5.56 Å². The number of hydrogen-bond acceptors (Lipinski definition) is 5. The van der Waals surface area contributed by atoms with Gasteiger partial charge in [-0.3, -0.25) is 14.4 Å². The highest BCUT2D eigenvalue weighted by Crippen LogP contribution is 2.46. The fourth-order valence-corrected chi connectivity index (χ4v) is 7.21. The van der Waals surface area contributed by atoms with Gasteiger partial charge < -0.3 is 15.3 Å². The third kappa shape index (κ3) is 4.81. The first-order chi connectivity index (χ1) is 16.9. The Labute approximate surface area is 212 Å². The molecule has 178 valence electrons. The Morgan fingerprint density at radius 2 is 1.60 bits per heavy atom. The van der Waals surface area contributed by atoms with Gasteiger partial charge in [-0.2, -0.15) is 0 Å². The van der Waals surface area contributed by atoms with Crippen LogP contribution in [0, 0.1) is 0 Å². The number of carboxylic acid groups (broad SMARTS) is 1. The van der Waals surface area contributed by atoms with E-state index in [-0.39, 0.29) is 30.2 Å². The van der Waals surface area contributed by atoms with E-state index >= 15 is 0 Å². The molecule has 2 heterocycles. The first kappa shape index (κ1) is 23.5. The first-order valence-electron chi connectivity index (χ1n) is 11.3. The lowest BCUT2D eigenvalue weighted by Gasteiger charge is -2.53. The van der Waals surface area contributed by atoms with Crippen molar-refractivity contribution in [2.24, 2.45) is 0 Å². The van der Waals surface area contributed by atoms with Gasteiger partial charge in [0.2, 0.25) is 11.8 Å². The van der Waals surface area contributed by atoms with Gasteiger partial charge in [0.25, 0.3) is 0 Å². The van der Waals surface area contributed by atoms with Crippen molar-refractivity contribution in [2.75, 3.05) is 12.3 Å². The number of β-lactam (4-membered cyclic amide) rings is 1. The zero-order chi connectivity index (χ0) is 24.4. The number of thioether (sulfide) groups is 2. The van der Waals surface area contributed by atoms with E-state index in [2.05, 4.69) is 5.32 Å². The van der Waals surface area contributed by atoms with Crippen LogP contribution in [0.3, 0.4) is 0 Å². The van der Waals surface area contributed by atoms with Gasteiger partial charge in [-0.1, -0.05) is 72.8 Å². The maximum Gasteiger partial charge on any atom is 0.322 e. The molecular formula is C27H24N2O4S2. The number of amides is 2. The van der Waals surface area contributed by atoms with Crippen molar-refractivity contribution in [3.05, 3.63) is 90.5 Å². The summed E-state index contributed by atoms with van der Waals surface area (Å²) < 4.78 is -1.15. The fourth-order valence-electron chi connectivity index (χ4n) is 4.36. The second-order valence-electron chi connectivity index (χ2n) is 8.67. The van der Waals surface area contributed by atoms with Crippen LogP contribution in [0.5, 0.6) is 0 Å². The van der Waals surface area contributed by atoms with Crippen molar-refractivity contribution in [1.82, 2.24) is 10.2 Å². The van der Waals surface area contributed by atoms with E-state index in [4.69, 9.17) is 0 Å². The molecule has 8 heteroatoms. The predicted octanol–water partition coefficient (Wildman–Crippen LogP) is 3.91. The number of hydrogen-bond donors (Lipinski definition) is 2. The average Bonchev–Trinajstić information content (AvgIpc) is 2.89. The Morgan fingerprint density at radius 1 is 0.971 bits per heavy atom. The lowest BCUT2D eigenvalue weighted by atomic mass is 10.0. The molecular weight excluding hydrogens is 480 g/mol. The van der Waals surface area contributed by atoms with Crippen LogP contribution in [-0.4, -0.2) is 56.3 Å². The highest BCUT2D eigenvalue weighted by Gasteiger charge is 2.57. The van der Waals surface area contributed by atoms with Gasteiger partial charge in [0.1, 0.15) is 16.2 Å². The summed E-state index contributed by atoms with van der Waals surface area (Å²) in [5, 5.41) is 12.7. The van der Waals surface area contributed by atoms with Crippen molar-refractivity contribution < 1.29 is 19.5 Å².